The van der Waals surface area contributed by atoms with Crippen molar-refractivity contribution in [2.24, 2.45) is 0 Å². The van der Waals surface area contributed by atoms with Crippen molar-refractivity contribution in [3.63, 3.8) is 0 Å². The Labute approximate surface area is 96.6 Å². The van der Waals surface area contributed by atoms with Gasteiger partial charge in [-0.05, 0) is 31.0 Å². The molecule has 0 radical (unpaired) electrons. The molecule has 1 aromatic carbocycles. The number of anilines is 1. The first-order valence-corrected chi connectivity index (χ1v) is 5.57. The van der Waals surface area contributed by atoms with E-state index in [1.807, 2.05) is 25.1 Å². The number of hydrogen-bond donors (Lipinski definition) is 1. The van der Waals surface area contributed by atoms with E-state index in [0.717, 1.165) is 22.7 Å². The topological polar surface area (TPSA) is 21.3 Å². The van der Waals surface area contributed by atoms with Crippen LogP contribution in [0.25, 0.3) is 0 Å². The fourth-order valence-electron chi connectivity index (χ4n) is 1.45. The van der Waals surface area contributed by atoms with Crippen LogP contribution in [0, 0.1) is 6.92 Å². The van der Waals surface area contributed by atoms with Gasteiger partial charge in [0.1, 0.15) is 0 Å². The van der Waals surface area contributed by atoms with Crippen LogP contribution in [0.2, 0.25) is 5.02 Å². The highest BCUT2D eigenvalue weighted by molar-refractivity contribution is 6.31. The van der Waals surface area contributed by atoms with Crippen molar-refractivity contribution in [2.45, 2.75) is 26.3 Å². The predicted molar refractivity (Wildman–Crippen MR) is 65.8 cm³/mol. The molecule has 0 heterocycles. The van der Waals surface area contributed by atoms with Gasteiger partial charge in [-0.1, -0.05) is 24.6 Å². The second-order valence-corrected chi connectivity index (χ2v) is 4.02. The Morgan fingerprint density at radius 1 is 1.47 bits per heavy atom. The summed E-state index contributed by atoms with van der Waals surface area (Å²) >= 11 is 6.05. The zero-order valence-electron chi connectivity index (χ0n) is 9.51. The van der Waals surface area contributed by atoms with Crippen molar-refractivity contribution in [1.29, 1.82) is 0 Å². The van der Waals surface area contributed by atoms with E-state index in [4.69, 9.17) is 16.3 Å². The van der Waals surface area contributed by atoms with Crippen LogP contribution in [0.4, 0.5) is 5.69 Å². The molecule has 0 spiro atoms. The molecule has 0 aromatic heterocycles. The van der Waals surface area contributed by atoms with Gasteiger partial charge in [-0.2, -0.15) is 0 Å². The van der Waals surface area contributed by atoms with Gasteiger partial charge in [0.15, 0.2) is 0 Å². The molecule has 0 saturated carbocycles. The van der Waals surface area contributed by atoms with Crippen molar-refractivity contribution < 1.29 is 4.74 Å². The number of nitrogens with one attached hydrogen (secondary N) is 1. The fourth-order valence-corrected chi connectivity index (χ4v) is 1.62. The Morgan fingerprint density at radius 3 is 2.80 bits per heavy atom. The van der Waals surface area contributed by atoms with E-state index in [9.17, 15) is 0 Å². The van der Waals surface area contributed by atoms with Crippen LogP contribution >= 0.6 is 11.6 Å². The first-order valence-electron chi connectivity index (χ1n) is 5.19. The Hall–Kier alpha value is -0.730. The van der Waals surface area contributed by atoms with Crippen LogP contribution in [0.3, 0.4) is 0 Å². The van der Waals surface area contributed by atoms with Crippen molar-refractivity contribution in [1.82, 2.24) is 0 Å². The fraction of sp³-hybridized carbons (Fsp3) is 0.500. The molecule has 1 rings (SSSR count). The summed E-state index contributed by atoms with van der Waals surface area (Å²) in [5.41, 5.74) is 2.18. The summed E-state index contributed by atoms with van der Waals surface area (Å²) in [6, 6.07) is 6.24. The summed E-state index contributed by atoms with van der Waals surface area (Å²) in [5, 5.41) is 4.23. The second kappa shape index (κ2) is 5.99. The second-order valence-electron chi connectivity index (χ2n) is 3.62. The van der Waals surface area contributed by atoms with Crippen molar-refractivity contribution >= 4 is 17.3 Å². The Bertz CT molecular complexity index is 314. The third kappa shape index (κ3) is 3.40. The Balaban J connectivity index is 2.74. The van der Waals surface area contributed by atoms with Gasteiger partial charge in [0.2, 0.25) is 0 Å². The zero-order chi connectivity index (χ0) is 11.3. The lowest BCUT2D eigenvalue weighted by Crippen LogP contribution is -2.24. The molecule has 0 aliphatic heterocycles. The summed E-state index contributed by atoms with van der Waals surface area (Å²) in [6.45, 7) is 4.86. The number of ether oxygens (including phenoxy) is 1. The standard InChI is InChI=1S/C12H18ClNO/c1-4-10(8-15-3)14-12-7-5-6-11(13)9(12)2/h5-7,10,14H,4,8H2,1-3H3. The largest absolute Gasteiger partial charge is 0.383 e. The number of rotatable bonds is 5. The van der Waals surface area contributed by atoms with Crippen LogP contribution < -0.4 is 5.32 Å². The Kier molecular flexibility index (Phi) is 4.92. The maximum absolute atomic E-state index is 6.05. The number of halogens is 1. The molecule has 0 aliphatic rings. The van der Waals surface area contributed by atoms with E-state index in [-0.39, 0.29) is 0 Å². The lowest BCUT2D eigenvalue weighted by Gasteiger charge is -2.19. The van der Waals surface area contributed by atoms with E-state index in [2.05, 4.69) is 12.2 Å². The van der Waals surface area contributed by atoms with E-state index >= 15 is 0 Å². The monoisotopic (exact) mass is 227 g/mol. The number of benzene rings is 1. The molecule has 0 saturated heterocycles. The third-order valence-electron chi connectivity index (χ3n) is 2.49. The molecule has 84 valence electrons. The minimum atomic E-state index is 0.340. The molecular formula is C12H18ClNO. The molecular weight excluding hydrogens is 210 g/mol. The summed E-state index contributed by atoms with van der Waals surface area (Å²) in [6.07, 6.45) is 1.03. The van der Waals surface area contributed by atoms with Crippen LogP contribution in [0.5, 0.6) is 0 Å². The average Bonchev–Trinajstić information content (AvgIpc) is 2.24. The molecule has 15 heavy (non-hydrogen) atoms. The summed E-state index contributed by atoms with van der Waals surface area (Å²) < 4.78 is 5.14. The highest BCUT2D eigenvalue weighted by Crippen LogP contribution is 2.23. The minimum Gasteiger partial charge on any atom is -0.383 e. The summed E-state index contributed by atoms with van der Waals surface area (Å²) in [5.74, 6) is 0. The maximum atomic E-state index is 6.05. The van der Waals surface area contributed by atoms with Gasteiger partial charge >= 0.3 is 0 Å². The van der Waals surface area contributed by atoms with Crippen molar-refractivity contribution in [2.75, 3.05) is 19.0 Å². The first-order chi connectivity index (χ1) is 7.19. The van der Waals surface area contributed by atoms with E-state index < -0.39 is 0 Å². The van der Waals surface area contributed by atoms with Gasteiger partial charge in [0.05, 0.1) is 6.61 Å². The van der Waals surface area contributed by atoms with Gasteiger partial charge in [-0.25, -0.2) is 0 Å². The van der Waals surface area contributed by atoms with Crippen molar-refractivity contribution in [3.05, 3.63) is 28.8 Å². The smallest absolute Gasteiger partial charge is 0.0663 e. The maximum Gasteiger partial charge on any atom is 0.0663 e. The van der Waals surface area contributed by atoms with E-state index in [0.29, 0.717) is 12.6 Å². The lowest BCUT2D eigenvalue weighted by molar-refractivity contribution is 0.184. The molecule has 1 aromatic rings. The third-order valence-corrected chi connectivity index (χ3v) is 2.90. The SMILES string of the molecule is CCC(COC)Nc1cccc(Cl)c1C. The number of methoxy groups -OCH3 is 1. The van der Waals surface area contributed by atoms with Gasteiger partial charge in [-0.3, -0.25) is 0 Å². The zero-order valence-corrected chi connectivity index (χ0v) is 10.3. The molecule has 0 aliphatic carbocycles. The summed E-state index contributed by atoms with van der Waals surface area (Å²) in [4.78, 5) is 0. The molecule has 0 amide bonds. The number of hydrogen-bond acceptors (Lipinski definition) is 2. The van der Waals surface area contributed by atoms with Crippen LogP contribution in [0.1, 0.15) is 18.9 Å². The van der Waals surface area contributed by atoms with E-state index in [1.54, 1.807) is 7.11 Å². The summed E-state index contributed by atoms with van der Waals surface area (Å²) in [7, 11) is 1.72. The predicted octanol–water partition coefficient (Wildman–Crippen LogP) is 3.49. The molecule has 3 heteroatoms. The van der Waals surface area contributed by atoms with Crippen molar-refractivity contribution in [3.8, 4) is 0 Å². The van der Waals surface area contributed by atoms with Crippen LogP contribution in [0.15, 0.2) is 18.2 Å². The van der Waals surface area contributed by atoms with Gasteiger partial charge < -0.3 is 10.1 Å². The quantitative estimate of drug-likeness (QED) is 0.832. The highest BCUT2D eigenvalue weighted by Gasteiger charge is 2.08. The van der Waals surface area contributed by atoms with Gasteiger partial charge in [0, 0.05) is 23.9 Å². The first kappa shape index (κ1) is 12.3. The molecule has 0 bridgehead atoms. The molecule has 1 N–H and O–H groups in total. The normalized spacial score (nSPS) is 12.5. The average molecular weight is 228 g/mol. The lowest BCUT2D eigenvalue weighted by atomic mass is 10.1. The minimum absolute atomic E-state index is 0.340. The Morgan fingerprint density at radius 2 is 2.20 bits per heavy atom. The molecule has 0 fully saturated rings. The molecule has 1 atom stereocenters. The molecule has 2 nitrogen and oxygen atoms in total. The van der Waals surface area contributed by atoms with E-state index in [1.165, 1.54) is 0 Å². The van der Waals surface area contributed by atoms with Gasteiger partial charge in [0.25, 0.3) is 0 Å². The van der Waals surface area contributed by atoms with Crippen LogP contribution in [-0.4, -0.2) is 19.8 Å². The van der Waals surface area contributed by atoms with Gasteiger partial charge in [-0.15, -0.1) is 0 Å². The van der Waals surface area contributed by atoms with Crippen LogP contribution in [-0.2, 0) is 4.74 Å². The highest BCUT2D eigenvalue weighted by atomic mass is 35.5. The molecule has 1 unspecified atom stereocenters.